The summed E-state index contributed by atoms with van der Waals surface area (Å²) in [5.74, 6) is 0.693. The van der Waals surface area contributed by atoms with Gasteiger partial charge in [0.2, 0.25) is 0 Å². The summed E-state index contributed by atoms with van der Waals surface area (Å²) in [6.45, 7) is 2.95. The lowest BCUT2D eigenvalue weighted by atomic mass is 10.0. The number of rotatable bonds is 6. The zero-order chi connectivity index (χ0) is 13.7. The summed E-state index contributed by atoms with van der Waals surface area (Å²) in [6, 6.07) is 9.01. The second kappa shape index (κ2) is 6.68. The maximum atomic E-state index is 13.2. The minimum absolute atomic E-state index is 0.184. The van der Waals surface area contributed by atoms with Crippen LogP contribution in [-0.4, -0.2) is 13.7 Å². The highest BCUT2D eigenvalue weighted by Gasteiger charge is 2.14. The van der Waals surface area contributed by atoms with E-state index in [0.29, 0.717) is 0 Å². The topological polar surface area (TPSA) is 21.3 Å². The van der Waals surface area contributed by atoms with Crippen LogP contribution in [0.2, 0.25) is 0 Å². The fraction of sp³-hybridized carbons (Fsp3) is 0.333. The third-order valence-electron chi connectivity index (χ3n) is 2.95. The molecule has 4 heteroatoms. The van der Waals surface area contributed by atoms with Crippen molar-refractivity contribution in [2.45, 2.75) is 19.4 Å². The van der Waals surface area contributed by atoms with Crippen molar-refractivity contribution in [1.82, 2.24) is 5.32 Å². The summed E-state index contributed by atoms with van der Waals surface area (Å²) in [6.07, 6.45) is 0.773. The minimum atomic E-state index is -0.184. The van der Waals surface area contributed by atoms with Crippen LogP contribution in [0.5, 0.6) is 5.75 Å². The maximum Gasteiger partial charge on any atom is 0.129 e. The minimum Gasteiger partial charge on any atom is -0.496 e. The van der Waals surface area contributed by atoms with Gasteiger partial charge in [-0.3, -0.25) is 0 Å². The van der Waals surface area contributed by atoms with Crippen LogP contribution in [0.1, 0.15) is 23.4 Å². The number of methoxy groups -OCH3 is 1. The lowest BCUT2D eigenvalue weighted by molar-refractivity contribution is 0.415. The molecule has 2 nitrogen and oxygen atoms in total. The molecule has 2 aromatic rings. The zero-order valence-electron chi connectivity index (χ0n) is 11.2. The van der Waals surface area contributed by atoms with Crippen LogP contribution < -0.4 is 10.1 Å². The number of nitrogens with one attached hydrogen (secondary N) is 1. The van der Waals surface area contributed by atoms with Crippen molar-refractivity contribution in [3.8, 4) is 5.75 Å². The van der Waals surface area contributed by atoms with E-state index in [1.54, 1.807) is 30.6 Å². The summed E-state index contributed by atoms with van der Waals surface area (Å²) in [5.41, 5.74) is 0.998. The van der Waals surface area contributed by atoms with E-state index in [0.717, 1.165) is 24.3 Å². The molecule has 1 aromatic heterocycles. The molecular weight excluding hydrogens is 261 g/mol. The summed E-state index contributed by atoms with van der Waals surface area (Å²) >= 11 is 1.66. The molecule has 0 fully saturated rings. The third kappa shape index (κ3) is 3.78. The Bertz CT molecular complexity index is 526. The molecule has 0 spiro atoms. The molecular formula is C15H18FNOS. The van der Waals surface area contributed by atoms with Crippen molar-refractivity contribution in [3.63, 3.8) is 0 Å². The molecule has 1 heterocycles. The molecule has 1 aromatic carbocycles. The van der Waals surface area contributed by atoms with Crippen LogP contribution in [0, 0.1) is 5.82 Å². The summed E-state index contributed by atoms with van der Waals surface area (Å²) in [5, 5.41) is 5.43. The van der Waals surface area contributed by atoms with Gasteiger partial charge in [0.1, 0.15) is 11.6 Å². The molecule has 0 aliphatic carbocycles. The third-order valence-corrected chi connectivity index (χ3v) is 3.98. The van der Waals surface area contributed by atoms with E-state index < -0.39 is 0 Å². The van der Waals surface area contributed by atoms with E-state index >= 15 is 0 Å². The largest absolute Gasteiger partial charge is 0.496 e. The maximum absolute atomic E-state index is 13.2. The smallest absolute Gasteiger partial charge is 0.129 e. The molecule has 1 N–H and O–H groups in total. The van der Waals surface area contributed by atoms with Crippen LogP contribution >= 0.6 is 11.3 Å². The van der Waals surface area contributed by atoms with E-state index in [-0.39, 0.29) is 11.9 Å². The van der Waals surface area contributed by atoms with E-state index in [4.69, 9.17) is 4.74 Å². The summed E-state index contributed by atoms with van der Waals surface area (Å²) < 4.78 is 18.4. The first kappa shape index (κ1) is 14.0. The molecule has 0 radical (unpaired) electrons. The van der Waals surface area contributed by atoms with Gasteiger partial charge in [-0.05, 0) is 36.7 Å². The molecule has 2 rings (SSSR count). The van der Waals surface area contributed by atoms with Gasteiger partial charge in [0, 0.05) is 16.3 Å². The van der Waals surface area contributed by atoms with Gasteiger partial charge in [-0.2, -0.15) is 0 Å². The van der Waals surface area contributed by atoms with Crippen molar-refractivity contribution >= 4 is 11.3 Å². The molecule has 102 valence electrons. The number of ether oxygens (including phenoxy) is 1. The Morgan fingerprint density at radius 2 is 2.21 bits per heavy atom. The van der Waals surface area contributed by atoms with Crippen molar-refractivity contribution in [3.05, 3.63) is 52.0 Å². The van der Waals surface area contributed by atoms with Crippen LogP contribution in [0.15, 0.2) is 35.7 Å². The Kier molecular flexibility index (Phi) is 4.93. The van der Waals surface area contributed by atoms with Gasteiger partial charge in [-0.25, -0.2) is 4.39 Å². The average molecular weight is 279 g/mol. The lowest BCUT2D eigenvalue weighted by Crippen LogP contribution is -2.22. The van der Waals surface area contributed by atoms with Gasteiger partial charge >= 0.3 is 0 Å². The quantitative estimate of drug-likeness (QED) is 0.868. The highest BCUT2D eigenvalue weighted by molar-refractivity contribution is 7.10. The Hall–Kier alpha value is -1.39. The second-order valence-corrected chi connectivity index (χ2v) is 5.28. The fourth-order valence-corrected chi connectivity index (χ4v) is 2.98. The predicted molar refractivity (Wildman–Crippen MR) is 77.4 cm³/mol. The van der Waals surface area contributed by atoms with Crippen molar-refractivity contribution in [2.75, 3.05) is 13.7 Å². The molecule has 0 saturated carbocycles. The Morgan fingerprint density at radius 1 is 1.37 bits per heavy atom. The first-order valence-electron chi connectivity index (χ1n) is 6.33. The van der Waals surface area contributed by atoms with Crippen LogP contribution in [0.3, 0.4) is 0 Å². The van der Waals surface area contributed by atoms with Crippen molar-refractivity contribution in [2.24, 2.45) is 0 Å². The van der Waals surface area contributed by atoms with Gasteiger partial charge < -0.3 is 10.1 Å². The van der Waals surface area contributed by atoms with E-state index in [1.807, 2.05) is 17.5 Å². The monoisotopic (exact) mass is 279 g/mol. The zero-order valence-corrected chi connectivity index (χ0v) is 12.0. The average Bonchev–Trinajstić information content (AvgIpc) is 2.87. The van der Waals surface area contributed by atoms with Crippen LogP contribution in [0.25, 0.3) is 0 Å². The molecule has 0 bridgehead atoms. The Morgan fingerprint density at radius 3 is 2.84 bits per heavy atom. The highest BCUT2D eigenvalue weighted by Crippen LogP contribution is 2.29. The van der Waals surface area contributed by atoms with E-state index in [1.165, 1.54) is 10.9 Å². The summed E-state index contributed by atoms with van der Waals surface area (Å²) in [4.78, 5) is 1.21. The Labute approximate surface area is 117 Å². The number of hydrogen-bond donors (Lipinski definition) is 1. The molecule has 0 saturated heterocycles. The number of thiophene rings is 1. The molecule has 1 unspecified atom stereocenters. The van der Waals surface area contributed by atoms with Gasteiger partial charge in [0.25, 0.3) is 0 Å². The van der Waals surface area contributed by atoms with Crippen LogP contribution in [-0.2, 0) is 6.42 Å². The Balaban J connectivity index is 2.15. The second-order valence-electron chi connectivity index (χ2n) is 4.33. The van der Waals surface area contributed by atoms with E-state index in [9.17, 15) is 4.39 Å². The van der Waals surface area contributed by atoms with Gasteiger partial charge in [-0.1, -0.05) is 19.1 Å². The number of hydrogen-bond acceptors (Lipinski definition) is 3. The molecule has 1 atom stereocenters. The fourth-order valence-electron chi connectivity index (χ4n) is 2.04. The molecule has 19 heavy (non-hydrogen) atoms. The van der Waals surface area contributed by atoms with Crippen molar-refractivity contribution in [1.29, 1.82) is 0 Å². The standard InChI is InChI=1S/C15H18FNOS/c1-3-17-14(15-9-13(18-2)10-19-15)8-11-5-4-6-12(16)7-11/h4-7,9-10,14,17H,3,8H2,1-2H3. The molecule has 0 amide bonds. The first-order valence-corrected chi connectivity index (χ1v) is 7.21. The summed E-state index contributed by atoms with van der Waals surface area (Å²) in [7, 11) is 1.67. The number of benzene rings is 1. The first-order chi connectivity index (χ1) is 9.22. The number of likely N-dealkylation sites (N-methyl/N-ethyl adjacent to an activating group) is 1. The normalized spacial score (nSPS) is 12.4. The van der Waals surface area contributed by atoms with Crippen molar-refractivity contribution < 1.29 is 9.13 Å². The molecule has 0 aliphatic heterocycles. The van der Waals surface area contributed by atoms with E-state index in [2.05, 4.69) is 12.2 Å². The highest BCUT2D eigenvalue weighted by atomic mass is 32.1. The number of halogens is 1. The SMILES string of the molecule is CCNC(Cc1cccc(F)c1)c1cc(OC)cs1. The predicted octanol–water partition coefficient (Wildman–Crippen LogP) is 3.79. The van der Waals surface area contributed by atoms with Gasteiger partial charge in [-0.15, -0.1) is 11.3 Å². The molecule has 0 aliphatic rings. The van der Waals surface area contributed by atoms with Crippen LogP contribution in [0.4, 0.5) is 4.39 Å². The van der Waals surface area contributed by atoms with Gasteiger partial charge in [0.05, 0.1) is 7.11 Å². The lowest BCUT2D eigenvalue weighted by Gasteiger charge is -2.16. The van der Waals surface area contributed by atoms with Gasteiger partial charge in [0.15, 0.2) is 0 Å².